The first-order chi connectivity index (χ1) is 17.4. The molecule has 0 radical (unpaired) electrons. The molecule has 1 aliphatic rings. The van der Waals surface area contributed by atoms with Crippen molar-refractivity contribution in [2.45, 2.75) is 25.4 Å². The van der Waals surface area contributed by atoms with Gasteiger partial charge in [-0.25, -0.2) is 14.3 Å². The fourth-order valence-corrected chi connectivity index (χ4v) is 4.23. The molecule has 11 heteroatoms. The zero-order valence-corrected chi connectivity index (χ0v) is 18.8. The summed E-state index contributed by atoms with van der Waals surface area (Å²) in [7, 11) is 0. The van der Waals surface area contributed by atoms with Crippen molar-refractivity contribution in [3.8, 4) is 0 Å². The number of nitrogens with one attached hydrogen (secondary N) is 2. The fourth-order valence-electron chi connectivity index (χ4n) is 4.23. The summed E-state index contributed by atoms with van der Waals surface area (Å²) in [5, 5.41) is 19.1. The number of fused-ring (bicyclic) bond motifs is 2. The standard InChI is InChI=1S/C25H19N7O4/c1-26-21-10-14(6-8-27-21)13-28-23(33)19-12-20(32-22(30-19)7-9-29-32)24(34)31-18-5-3-15-11-16(25(35)36)2-4-17(15)18/h2,4,6-12,18H,3,5,13H2,(H,28,33)(H,31,34)(H,35,36)/t18-/m0/s1. The van der Waals surface area contributed by atoms with Crippen LogP contribution in [-0.4, -0.2) is 42.5 Å². The van der Waals surface area contributed by atoms with Crippen molar-refractivity contribution < 1.29 is 19.5 Å². The first-order valence-corrected chi connectivity index (χ1v) is 11.1. The highest BCUT2D eigenvalue weighted by Crippen LogP contribution is 2.32. The predicted octanol–water partition coefficient (Wildman–Crippen LogP) is 2.72. The molecule has 178 valence electrons. The van der Waals surface area contributed by atoms with Crippen LogP contribution in [0.2, 0.25) is 0 Å². The summed E-state index contributed by atoms with van der Waals surface area (Å²) in [6.45, 7) is 7.22. The van der Waals surface area contributed by atoms with Gasteiger partial charge < -0.3 is 20.6 Å². The lowest BCUT2D eigenvalue weighted by Gasteiger charge is -2.15. The number of carbonyl (C=O) groups excluding carboxylic acids is 2. The number of hydrogen-bond donors (Lipinski definition) is 3. The van der Waals surface area contributed by atoms with E-state index >= 15 is 0 Å². The maximum atomic E-state index is 13.3. The highest BCUT2D eigenvalue weighted by Gasteiger charge is 2.27. The maximum absolute atomic E-state index is 13.3. The molecule has 3 aromatic heterocycles. The van der Waals surface area contributed by atoms with Crippen LogP contribution in [0.15, 0.2) is 54.9 Å². The Morgan fingerprint density at radius 1 is 1.11 bits per heavy atom. The van der Waals surface area contributed by atoms with Crippen LogP contribution in [-0.2, 0) is 13.0 Å². The molecular formula is C25H19N7O4. The lowest BCUT2D eigenvalue weighted by atomic mass is 10.0. The normalized spacial score (nSPS) is 14.1. The minimum atomic E-state index is -0.996. The quantitative estimate of drug-likeness (QED) is 0.359. The van der Waals surface area contributed by atoms with Gasteiger partial charge in [-0.15, -0.1) is 4.98 Å². The molecule has 0 saturated carbocycles. The Hall–Kier alpha value is -5.11. The SMILES string of the molecule is [C-]#[N+]c1cc(CNC(=O)c2cc(C(=O)N[C@H]3CCc4cc(C(=O)O)ccc43)n3nccc3n2)ccn1. The Kier molecular flexibility index (Phi) is 5.83. The molecule has 5 rings (SSSR count). The molecule has 0 aliphatic heterocycles. The van der Waals surface area contributed by atoms with Gasteiger partial charge in [-0.1, -0.05) is 12.6 Å². The second-order valence-corrected chi connectivity index (χ2v) is 8.23. The average Bonchev–Trinajstić information content (AvgIpc) is 3.53. The molecule has 1 aliphatic carbocycles. The second kappa shape index (κ2) is 9.27. The van der Waals surface area contributed by atoms with Crippen LogP contribution in [0.5, 0.6) is 0 Å². The van der Waals surface area contributed by atoms with Crippen LogP contribution < -0.4 is 10.6 Å². The first-order valence-electron chi connectivity index (χ1n) is 11.1. The van der Waals surface area contributed by atoms with Crippen LogP contribution in [0.4, 0.5) is 5.82 Å². The second-order valence-electron chi connectivity index (χ2n) is 8.23. The molecule has 2 amide bonds. The zero-order chi connectivity index (χ0) is 25.2. The first kappa shape index (κ1) is 22.7. The predicted molar refractivity (Wildman–Crippen MR) is 127 cm³/mol. The molecule has 4 aromatic rings. The van der Waals surface area contributed by atoms with E-state index in [0.717, 1.165) is 11.1 Å². The van der Waals surface area contributed by atoms with E-state index in [4.69, 9.17) is 6.57 Å². The monoisotopic (exact) mass is 481 g/mol. The van der Waals surface area contributed by atoms with Gasteiger partial charge in [0.15, 0.2) is 5.65 Å². The summed E-state index contributed by atoms with van der Waals surface area (Å²) in [5.74, 6) is -1.69. The summed E-state index contributed by atoms with van der Waals surface area (Å²) < 4.78 is 1.36. The van der Waals surface area contributed by atoms with E-state index in [2.05, 4.69) is 30.5 Å². The van der Waals surface area contributed by atoms with Crippen molar-refractivity contribution in [3.05, 3.63) is 99.9 Å². The highest BCUT2D eigenvalue weighted by molar-refractivity contribution is 5.98. The minimum absolute atomic E-state index is 0.0468. The third-order valence-electron chi connectivity index (χ3n) is 5.98. The molecule has 1 atom stereocenters. The number of benzene rings is 1. The Balaban J connectivity index is 1.36. The molecule has 11 nitrogen and oxygen atoms in total. The van der Waals surface area contributed by atoms with Crippen molar-refractivity contribution >= 4 is 29.2 Å². The third kappa shape index (κ3) is 4.35. The van der Waals surface area contributed by atoms with Crippen LogP contribution in [0.25, 0.3) is 10.5 Å². The molecule has 1 aromatic carbocycles. The summed E-state index contributed by atoms with van der Waals surface area (Å²) in [4.78, 5) is 48.9. The summed E-state index contributed by atoms with van der Waals surface area (Å²) in [5.41, 5.74) is 3.20. The van der Waals surface area contributed by atoms with Crippen LogP contribution >= 0.6 is 0 Å². The maximum Gasteiger partial charge on any atom is 0.335 e. The van der Waals surface area contributed by atoms with E-state index in [0.29, 0.717) is 24.1 Å². The lowest BCUT2D eigenvalue weighted by molar-refractivity contribution is 0.0696. The highest BCUT2D eigenvalue weighted by atomic mass is 16.4. The van der Waals surface area contributed by atoms with E-state index in [1.165, 1.54) is 29.0 Å². The number of aryl methyl sites for hydroxylation is 1. The molecule has 0 fully saturated rings. The van der Waals surface area contributed by atoms with Gasteiger partial charge in [-0.05, 0) is 53.8 Å². The van der Waals surface area contributed by atoms with Crippen molar-refractivity contribution in [2.75, 3.05) is 0 Å². The molecule has 36 heavy (non-hydrogen) atoms. The number of hydrogen-bond acceptors (Lipinski definition) is 6. The summed E-state index contributed by atoms with van der Waals surface area (Å²) >= 11 is 0. The Bertz CT molecular complexity index is 1570. The fraction of sp³-hybridized carbons (Fsp3) is 0.160. The minimum Gasteiger partial charge on any atom is -0.478 e. The van der Waals surface area contributed by atoms with Gasteiger partial charge in [0, 0.05) is 18.7 Å². The van der Waals surface area contributed by atoms with Crippen LogP contribution in [0, 0.1) is 6.57 Å². The molecule has 0 spiro atoms. The Morgan fingerprint density at radius 3 is 2.78 bits per heavy atom. The topological polar surface area (TPSA) is 143 Å². The number of amides is 2. The number of aromatic nitrogens is 4. The van der Waals surface area contributed by atoms with E-state index in [-0.39, 0.29) is 35.4 Å². The molecule has 0 unspecified atom stereocenters. The Morgan fingerprint density at radius 2 is 1.97 bits per heavy atom. The van der Waals surface area contributed by atoms with E-state index in [1.807, 2.05) is 0 Å². The van der Waals surface area contributed by atoms with Gasteiger partial charge in [0.1, 0.15) is 17.6 Å². The number of nitrogens with zero attached hydrogens (tertiary/aromatic N) is 5. The van der Waals surface area contributed by atoms with Gasteiger partial charge in [0.05, 0.1) is 17.8 Å². The van der Waals surface area contributed by atoms with Gasteiger partial charge in [0.25, 0.3) is 17.6 Å². The molecule has 3 N–H and O–H groups in total. The van der Waals surface area contributed by atoms with Gasteiger partial charge in [-0.3, -0.25) is 9.59 Å². The van der Waals surface area contributed by atoms with Crippen LogP contribution in [0.3, 0.4) is 0 Å². The number of carbonyl (C=O) groups is 3. The number of carboxylic acid groups (broad SMARTS) is 1. The van der Waals surface area contributed by atoms with E-state index < -0.39 is 17.8 Å². The lowest BCUT2D eigenvalue weighted by Crippen LogP contribution is -2.30. The zero-order valence-electron chi connectivity index (χ0n) is 18.8. The molecule has 0 bridgehead atoms. The average molecular weight is 481 g/mol. The van der Waals surface area contributed by atoms with E-state index in [9.17, 15) is 19.5 Å². The Labute approximate surface area is 204 Å². The van der Waals surface area contributed by atoms with Crippen LogP contribution in [0.1, 0.15) is 60.5 Å². The molecule has 0 saturated heterocycles. The molecule has 3 heterocycles. The van der Waals surface area contributed by atoms with Gasteiger partial charge in [0.2, 0.25) is 0 Å². The van der Waals surface area contributed by atoms with E-state index in [1.54, 1.807) is 30.3 Å². The summed E-state index contributed by atoms with van der Waals surface area (Å²) in [6.07, 6.45) is 4.26. The molecular weight excluding hydrogens is 462 g/mol. The van der Waals surface area contributed by atoms with Crippen molar-refractivity contribution in [2.24, 2.45) is 0 Å². The third-order valence-corrected chi connectivity index (χ3v) is 5.98. The number of rotatable bonds is 6. The van der Waals surface area contributed by atoms with Crippen molar-refractivity contribution in [3.63, 3.8) is 0 Å². The van der Waals surface area contributed by atoms with Crippen molar-refractivity contribution in [1.82, 2.24) is 30.2 Å². The smallest absolute Gasteiger partial charge is 0.335 e. The number of pyridine rings is 1. The van der Waals surface area contributed by atoms with Gasteiger partial charge >= 0.3 is 5.97 Å². The van der Waals surface area contributed by atoms with Crippen molar-refractivity contribution in [1.29, 1.82) is 0 Å². The largest absolute Gasteiger partial charge is 0.478 e. The number of aromatic carboxylic acids is 1. The summed E-state index contributed by atoms with van der Waals surface area (Å²) in [6, 6.07) is 10.8. The van der Waals surface area contributed by atoms with Gasteiger partial charge in [-0.2, -0.15) is 5.10 Å². The number of carboxylic acids is 1.